The van der Waals surface area contributed by atoms with Gasteiger partial charge in [-0.15, -0.1) is 12.4 Å². The van der Waals surface area contributed by atoms with Gasteiger partial charge in [0, 0.05) is 18.1 Å². The van der Waals surface area contributed by atoms with Crippen LogP contribution in [0, 0.1) is 0 Å². The molecular formula is C19H29ClN4O. The minimum Gasteiger partial charge on any atom is -0.490 e. The Morgan fingerprint density at radius 2 is 2.00 bits per heavy atom. The van der Waals surface area contributed by atoms with E-state index in [9.17, 15) is 0 Å². The highest BCUT2D eigenvalue weighted by Crippen LogP contribution is 2.24. The Bertz CT molecular complexity index is 659. The molecule has 0 spiro atoms. The Morgan fingerprint density at radius 3 is 2.76 bits per heavy atom. The van der Waals surface area contributed by atoms with E-state index in [1.54, 1.807) is 0 Å². The predicted octanol–water partition coefficient (Wildman–Crippen LogP) is 3.15. The van der Waals surface area contributed by atoms with Crippen LogP contribution >= 0.6 is 12.4 Å². The van der Waals surface area contributed by atoms with E-state index in [2.05, 4.69) is 58.9 Å². The van der Waals surface area contributed by atoms with Crippen molar-refractivity contribution in [1.82, 2.24) is 15.2 Å². The maximum absolute atomic E-state index is 6.14. The van der Waals surface area contributed by atoms with Gasteiger partial charge in [0.2, 0.25) is 0 Å². The van der Waals surface area contributed by atoms with Crippen LogP contribution in [0.5, 0.6) is 5.75 Å². The number of hydrogen-bond donors (Lipinski definition) is 2. The summed E-state index contributed by atoms with van der Waals surface area (Å²) < 4.78 is 6.14. The Kier molecular flexibility index (Phi) is 7.75. The number of nitrogens with one attached hydrogen (secondary N) is 2. The molecule has 0 aliphatic carbocycles. The van der Waals surface area contributed by atoms with Crippen molar-refractivity contribution in [2.45, 2.75) is 25.4 Å². The third kappa shape index (κ3) is 6.03. The van der Waals surface area contributed by atoms with Gasteiger partial charge in [-0.1, -0.05) is 0 Å². The summed E-state index contributed by atoms with van der Waals surface area (Å²) in [5.41, 5.74) is 0. The van der Waals surface area contributed by atoms with E-state index < -0.39 is 0 Å². The summed E-state index contributed by atoms with van der Waals surface area (Å²) in [4.78, 5) is 6.69. The number of halogens is 1. The number of rotatable bonds is 7. The fourth-order valence-electron chi connectivity index (χ4n) is 3.01. The number of nitrogens with zero attached hydrogens (tertiary/aromatic N) is 2. The van der Waals surface area contributed by atoms with E-state index in [0.29, 0.717) is 6.10 Å². The van der Waals surface area contributed by atoms with Gasteiger partial charge in [0.15, 0.2) is 0 Å². The smallest absolute Gasteiger partial charge is 0.126 e. The highest BCUT2D eigenvalue weighted by atomic mass is 35.5. The minimum atomic E-state index is 0. The number of anilines is 1. The van der Waals surface area contributed by atoms with Crippen molar-refractivity contribution in [3.8, 4) is 5.75 Å². The molecule has 1 aliphatic heterocycles. The van der Waals surface area contributed by atoms with Gasteiger partial charge in [0.1, 0.15) is 17.7 Å². The first-order chi connectivity index (χ1) is 11.7. The monoisotopic (exact) mass is 364 g/mol. The minimum absolute atomic E-state index is 0. The lowest BCUT2D eigenvalue weighted by atomic mass is 10.1. The van der Waals surface area contributed by atoms with E-state index in [1.165, 1.54) is 5.39 Å². The molecule has 25 heavy (non-hydrogen) atoms. The second-order valence-corrected chi connectivity index (χ2v) is 6.73. The average Bonchev–Trinajstić information content (AvgIpc) is 2.59. The summed E-state index contributed by atoms with van der Waals surface area (Å²) >= 11 is 0. The lowest BCUT2D eigenvalue weighted by Crippen LogP contribution is -2.34. The second kappa shape index (κ2) is 9.80. The first-order valence-corrected chi connectivity index (χ1v) is 8.86. The summed E-state index contributed by atoms with van der Waals surface area (Å²) in [7, 11) is 4.19. The fourth-order valence-corrected chi connectivity index (χ4v) is 3.01. The molecule has 2 aromatic rings. The highest BCUT2D eigenvalue weighted by molar-refractivity contribution is 5.85. The second-order valence-electron chi connectivity index (χ2n) is 6.73. The standard InChI is InChI=1S/C19H28N4O.ClH/c1-23(2)11-3-8-21-19-13-16-12-18(5-4-15(16)14-22-19)24-17-6-9-20-10-7-17;/h4-5,12-14,17,20H,3,6-11H2,1-2H3,(H,21,22);1H. The van der Waals surface area contributed by atoms with Crippen LogP contribution in [0.4, 0.5) is 5.82 Å². The van der Waals surface area contributed by atoms with Gasteiger partial charge in [0.05, 0.1) is 0 Å². The van der Waals surface area contributed by atoms with Gasteiger partial charge in [-0.25, -0.2) is 4.98 Å². The maximum Gasteiger partial charge on any atom is 0.126 e. The zero-order chi connectivity index (χ0) is 16.8. The number of hydrogen-bond acceptors (Lipinski definition) is 5. The molecule has 3 rings (SSSR count). The summed E-state index contributed by atoms with van der Waals surface area (Å²) in [5.74, 6) is 1.89. The quantitative estimate of drug-likeness (QED) is 0.739. The molecule has 0 amide bonds. The molecule has 2 N–H and O–H groups in total. The topological polar surface area (TPSA) is 49.4 Å². The van der Waals surface area contributed by atoms with Crippen LogP contribution in [0.1, 0.15) is 19.3 Å². The molecule has 1 saturated heterocycles. The van der Waals surface area contributed by atoms with Crippen LogP contribution in [0.3, 0.4) is 0 Å². The molecule has 0 atom stereocenters. The Hall–Kier alpha value is -1.56. The van der Waals surface area contributed by atoms with Gasteiger partial charge < -0.3 is 20.3 Å². The maximum atomic E-state index is 6.14. The zero-order valence-corrected chi connectivity index (χ0v) is 15.9. The van der Waals surface area contributed by atoms with Gasteiger partial charge in [-0.3, -0.25) is 0 Å². The summed E-state index contributed by atoms with van der Waals surface area (Å²) in [6.45, 7) is 4.10. The molecule has 1 aromatic carbocycles. The van der Waals surface area contributed by atoms with Crippen LogP contribution in [-0.4, -0.2) is 56.3 Å². The van der Waals surface area contributed by atoms with Gasteiger partial charge in [-0.05, 0) is 82.6 Å². The molecule has 138 valence electrons. The highest BCUT2D eigenvalue weighted by Gasteiger charge is 2.14. The number of fused-ring (bicyclic) bond motifs is 1. The Balaban J connectivity index is 0.00000225. The molecule has 2 heterocycles. The van der Waals surface area contributed by atoms with Crippen molar-refractivity contribution in [2.75, 3.05) is 45.6 Å². The van der Waals surface area contributed by atoms with Gasteiger partial charge >= 0.3 is 0 Å². The molecule has 0 radical (unpaired) electrons. The number of piperidine rings is 1. The molecule has 0 saturated carbocycles. The average molecular weight is 365 g/mol. The SMILES string of the molecule is CN(C)CCCNc1cc2cc(OC3CCNCC3)ccc2cn1.Cl. The van der Waals surface area contributed by atoms with E-state index in [1.807, 2.05) is 6.20 Å². The molecule has 0 unspecified atom stereocenters. The fraction of sp³-hybridized carbons (Fsp3) is 0.526. The molecule has 1 aromatic heterocycles. The van der Waals surface area contributed by atoms with Crippen LogP contribution in [0.25, 0.3) is 10.8 Å². The molecule has 5 nitrogen and oxygen atoms in total. The number of aromatic nitrogens is 1. The van der Waals surface area contributed by atoms with E-state index >= 15 is 0 Å². The summed E-state index contributed by atoms with van der Waals surface area (Å²) in [6.07, 6.45) is 5.51. The largest absolute Gasteiger partial charge is 0.490 e. The van der Waals surface area contributed by atoms with Crippen molar-refractivity contribution in [3.63, 3.8) is 0 Å². The lowest BCUT2D eigenvalue weighted by molar-refractivity contribution is 0.162. The van der Waals surface area contributed by atoms with Crippen molar-refractivity contribution >= 4 is 29.0 Å². The summed E-state index contributed by atoms with van der Waals surface area (Å²) in [5, 5.41) is 9.09. The van der Waals surface area contributed by atoms with Crippen molar-refractivity contribution in [2.24, 2.45) is 0 Å². The van der Waals surface area contributed by atoms with E-state index in [0.717, 1.165) is 62.4 Å². The zero-order valence-electron chi connectivity index (χ0n) is 15.1. The normalized spacial score (nSPS) is 15.2. The van der Waals surface area contributed by atoms with Crippen molar-refractivity contribution in [1.29, 1.82) is 0 Å². The van der Waals surface area contributed by atoms with E-state index in [-0.39, 0.29) is 12.4 Å². The lowest BCUT2D eigenvalue weighted by Gasteiger charge is -2.24. The number of benzene rings is 1. The van der Waals surface area contributed by atoms with Crippen LogP contribution < -0.4 is 15.4 Å². The molecule has 1 fully saturated rings. The molecule has 1 aliphatic rings. The van der Waals surface area contributed by atoms with Crippen LogP contribution in [-0.2, 0) is 0 Å². The Labute approximate surface area is 156 Å². The van der Waals surface area contributed by atoms with Crippen LogP contribution in [0.15, 0.2) is 30.5 Å². The third-order valence-electron chi connectivity index (χ3n) is 4.37. The number of ether oxygens (including phenoxy) is 1. The van der Waals surface area contributed by atoms with E-state index in [4.69, 9.17) is 4.74 Å². The number of pyridine rings is 1. The third-order valence-corrected chi connectivity index (χ3v) is 4.37. The van der Waals surface area contributed by atoms with Crippen molar-refractivity contribution in [3.05, 3.63) is 30.5 Å². The first kappa shape index (κ1) is 19.8. The molecular weight excluding hydrogens is 336 g/mol. The molecule has 6 heteroatoms. The van der Waals surface area contributed by atoms with Gasteiger partial charge in [-0.2, -0.15) is 0 Å². The predicted molar refractivity (Wildman–Crippen MR) is 107 cm³/mol. The summed E-state index contributed by atoms with van der Waals surface area (Å²) in [6, 6.07) is 8.38. The molecule has 0 bridgehead atoms. The van der Waals surface area contributed by atoms with Crippen LogP contribution in [0.2, 0.25) is 0 Å². The van der Waals surface area contributed by atoms with Crippen molar-refractivity contribution < 1.29 is 4.74 Å². The Morgan fingerprint density at radius 1 is 1.20 bits per heavy atom. The first-order valence-electron chi connectivity index (χ1n) is 8.86. The van der Waals surface area contributed by atoms with Gasteiger partial charge in [0.25, 0.3) is 0 Å².